The predicted molar refractivity (Wildman–Crippen MR) is 67.9 cm³/mol. The van der Waals surface area contributed by atoms with E-state index >= 15 is 0 Å². The molecule has 3 rings (SSSR count). The molecule has 0 radical (unpaired) electrons. The fourth-order valence-corrected chi connectivity index (χ4v) is 2.52. The van der Waals surface area contributed by atoms with Crippen LogP contribution in [0.1, 0.15) is 29.0 Å². The standard InChI is InChI=1S/C14H14N4O/c1-10-16-17-14(19-10)13-8-11-4-2-3-5-12(11)9-18(13)7-6-15/h2-5,13H,7-9H2,1H3/t13-/m0/s1. The van der Waals surface area contributed by atoms with Crippen LogP contribution in [0.5, 0.6) is 0 Å². The maximum Gasteiger partial charge on any atom is 0.233 e. The number of aromatic nitrogens is 2. The summed E-state index contributed by atoms with van der Waals surface area (Å²) in [5.41, 5.74) is 2.56. The maximum absolute atomic E-state index is 8.98. The van der Waals surface area contributed by atoms with Gasteiger partial charge >= 0.3 is 0 Å². The molecular weight excluding hydrogens is 240 g/mol. The Balaban J connectivity index is 1.96. The van der Waals surface area contributed by atoms with Crippen molar-refractivity contribution in [3.05, 3.63) is 47.2 Å². The van der Waals surface area contributed by atoms with Crippen LogP contribution < -0.4 is 0 Å². The minimum Gasteiger partial charge on any atom is -0.424 e. The molecular formula is C14H14N4O. The zero-order chi connectivity index (χ0) is 13.2. The van der Waals surface area contributed by atoms with Gasteiger partial charge in [0.2, 0.25) is 11.8 Å². The fourth-order valence-electron chi connectivity index (χ4n) is 2.52. The molecule has 0 spiro atoms. The van der Waals surface area contributed by atoms with Crippen LogP contribution >= 0.6 is 0 Å². The average molecular weight is 254 g/mol. The molecule has 0 unspecified atom stereocenters. The van der Waals surface area contributed by atoms with Crippen LogP contribution in [0.3, 0.4) is 0 Å². The zero-order valence-corrected chi connectivity index (χ0v) is 10.7. The molecule has 0 fully saturated rings. The lowest BCUT2D eigenvalue weighted by Crippen LogP contribution is -2.34. The number of fused-ring (bicyclic) bond motifs is 1. The highest BCUT2D eigenvalue weighted by molar-refractivity contribution is 5.31. The van der Waals surface area contributed by atoms with Crippen molar-refractivity contribution in [1.82, 2.24) is 15.1 Å². The van der Waals surface area contributed by atoms with E-state index in [1.54, 1.807) is 6.92 Å². The molecule has 5 heteroatoms. The lowest BCUT2D eigenvalue weighted by molar-refractivity contribution is 0.165. The highest BCUT2D eigenvalue weighted by Crippen LogP contribution is 2.32. The molecule has 0 N–H and O–H groups in total. The Morgan fingerprint density at radius 1 is 1.37 bits per heavy atom. The molecule has 5 nitrogen and oxygen atoms in total. The second-order valence-electron chi connectivity index (χ2n) is 4.71. The first-order valence-corrected chi connectivity index (χ1v) is 6.25. The van der Waals surface area contributed by atoms with Gasteiger partial charge in [-0.3, -0.25) is 4.90 Å². The largest absolute Gasteiger partial charge is 0.424 e. The molecule has 2 aromatic rings. The Morgan fingerprint density at radius 3 is 2.84 bits per heavy atom. The van der Waals surface area contributed by atoms with E-state index in [0.29, 0.717) is 18.3 Å². The number of benzene rings is 1. The Hall–Kier alpha value is -2.19. The molecule has 2 heterocycles. The number of rotatable bonds is 2. The Kier molecular flexibility index (Phi) is 3.02. The van der Waals surface area contributed by atoms with E-state index in [9.17, 15) is 0 Å². The van der Waals surface area contributed by atoms with Crippen molar-refractivity contribution in [3.63, 3.8) is 0 Å². The van der Waals surface area contributed by atoms with Crippen LogP contribution in [-0.4, -0.2) is 21.6 Å². The normalized spacial score (nSPS) is 18.8. The topological polar surface area (TPSA) is 66.0 Å². The van der Waals surface area contributed by atoms with E-state index in [1.165, 1.54) is 11.1 Å². The van der Waals surface area contributed by atoms with E-state index < -0.39 is 0 Å². The monoisotopic (exact) mass is 254 g/mol. The summed E-state index contributed by atoms with van der Waals surface area (Å²) in [5, 5.41) is 17.0. The van der Waals surface area contributed by atoms with Crippen molar-refractivity contribution in [1.29, 1.82) is 5.26 Å². The van der Waals surface area contributed by atoms with Crippen LogP contribution in [0.15, 0.2) is 28.7 Å². The third-order valence-corrected chi connectivity index (χ3v) is 3.45. The van der Waals surface area contributed by atoms with Crippen LogP contribution in [0.4, 0.5) is 0 Å². The van der Waals surface area contributed by atoms with Gasteiger partial charge in [-0.05, 0) is 17.5 Å². The van der Waals surface area contributed by atoms with E-state index in [1.807, 2.05) is 12.1 Å². The molecule has 0 aliphatic carbocycles. The van der Waals surface area contributed by atoms with Crippen LogP contribution in [0.2, 0.25) is 0 Å². The predicted octanol–water partition coefficient (Wildman–Crippen LogP) is 2.00. The first kappa shape index (κ1) is 11.9. The highest BCUT2D eigenvalue weighted by atomic mass is 16.4. The van der Waals surface area contributed by atoms with Gasteiger partial charge in [0.25, 0.3) is 0 Å². The van der Waals surface area contributed by atoms with E-state index in [2.05, 4.69) is 33.3 Å². The summed E-state index contributed by atoms with van der Waals surface area (Å²) >= 11 is 0. The van der Waals surface area contributed by atoms with Crippen molar-refractivity contribution < 1.29 is 4.42 Å². The van der Waals surface area contributed by atoms with Gasteiger partial charge in [-0.2, -0.15) is 5.26 Å². The minimum atomic E-state index is -0.00394. The molecule has 1 aromatic carbocycles. The number of hydrogen-bond donors (Lipinski definition) is 0. The highest BCUT2D eigenvalue weighted by Gasteiger charge is 2.30. The average Bonchev–Trinajstić information content (AvgIpc) is 2.85. The van der Waals surface area contributed by atoms with Gasteiger partial charge in [0.1, 0.15) is 0 Å². The Bertz CT molecular complexity index is 628. The van der Waals surface area contributed by atoms with Gasteiger partial charge in [0.05, 0.1) is 18.7 Å². The number of aryl methyl sites for hydroxylation is 1. The van der Waals surface area contributed by atoms with Gasteiger partial charge < -0.3 is 4.42 Å². The number of hydrogen-bond acceptors (Lipinski definition) is 5. The second kappa shape index (κ2) is 4.82. The summed E-state index contributed by atoms with van der Waals surface area (Å²) in [5.74, 6) is 1.16. The summed E-state index contributed by atoms with van der Waals surface area (Å²) in [6, 6.07) is 10.5. The van der Waals surface area contributed by atoms with Gasteiger partial charge in [-0.15, -0.1) is 10.2 Å². The number of nitriles is 1. The van der Waals surface area contributed by atoms with Crippen molar-refractivity contribution in [2.24, 2.45) is 0 Å². The Labute approximate surface area is 111 Å². The zero-order valence-electron chi connectivity index (χ0n) is 10.7. The smallest absolute Gasteiger partial charge is 0.233 e. The lowest BCUT2D eigenvalue weighted by Gasteiger charge is -2.33. The van der Waals surface area contributed by atoms with Crippen LogP contribution in [-0.2, 0) is 13.0 Å². The quantitative estimate of drug-likeness (QED) is 0.767. The number of nitrogens with zero attached hydrogens (tertiary/aromatic N) is 4. The summed E-state index contributed by atoms with van der Waals surface area (Å²) < 4.78 is 5.54. The van der Waals surface area contributed by atoms with E-state index in [4.69, 9.17) is 9.68 Å². The molecule has 19 heavy (non-hydrogen) atoms. The molecule has 1 atom stereocenters. The van der Waals surface area contributed by atoms with Gasteiger partial charge in [-0.1, -0.05) is 24.3 Å². The molecule has 0 amide bonds. The SMILES string of the molecule is Cc1nnc([C@@H]2Cc3ccccc3CN2CC#N)o1. The summed E-state index contributed by atoms with van der Waals surface area (Å²) in [6.45, 7) is 2.89. The van der Waals surface area contributed by atoms with Crippen molar-refractivity contribution in [2.75, 3.05) is 6.54 Å². The molecule has 0 saturated heterocycles. The van der Waals surface area contributed by atoms with Gasteiger partial charge in [0, 0.05) is 13.5 Å². The first-order valence-electron chi connectivity index (χ1n) is 6.25. The van der Waals surface area contributed by atoms with Gasteiger partial charge in [0.15, 0.2) is 0 Å². The molecule has 96 valence electrons. The maximum atomic E-state index is 8.98. The van der Waals surface area contributed by atoms with Crippen LogP contribution in [0, 0.1) is 18.3 Å². The van der Waals surface area contributed by atoms with Crippen molar-refractivity contribution in [3.8, 4) is 6.07 Å². The van der Waals surface area contributed by atoms with E-state index in [-0.39, 0.29) is 6.04 Å². The summed E-state index contributed by atoms with van der Waals surface area (Å²) in [4.78, 5) is 2.08. The molecule has 1 aliphatic heterocycles. The third-order valence-electron chi connectivity index (χ3n) is 3.45. The molecule has 1 aromatic heterocycles. The van der Waals surface area contributed by atoms with E-state index in [0.717, 1.165) is 13.0 Å². The molecule has 0 bridgehead atoms. The third kappa shape index (κ3) is 2.23. The Morgan fingerprint density at radius 2 is 2.16 bits per heavy atom. The van der Waals surface area contributed by atoms with Crippen molar-refractivity contribution >= 4 is 0 Å². The first-order chi connectivity index (χ1) is 9.28. The molecule has 0 saturated carbocycles. The fraction of sp³-hybridized carbons (Fsp3) is 0.357. The van der Waals surface area contributed by atoms with Crippen LogP contribution in [0.25, 0.3) is 0 Å². The van der Waals surface area contributed by atoms with Crippen molar-refractivity contribution in [2.45, 2.75) is 25.9 Å². The second-order valence-corrected chi connectivity index (χ2v) is 4.71. The summed E-state index contributed by atoms with van der Waals surface area (Å²) in [6.07, 6.45) is 0.805. The lowest BCUT2D eigenvalue weighted by atomic mass is 9.94. The minimum absolute atomic E-state index is 0.00394. The summed E-state index contributed by atoms with van der Waals surface area (Å²) in [7, 11) is 0. The molecule has 1 aliphatic rings. The van der Waals surface area contributed by atoms with Gasteiger partial charge in [-0.25, -0.2) is 0 Å².